The van der Waals surface area contributed by atoms with E-state index in [-0.39, 0.29) is 22.9 Å². The lowest BCUT2D eigenvalue weighted by Gasteiger charge is -2.41. The zero-order valence-electron chi connectivity index (χ0n) is 14.7. The lowest BCUT2D eigenvalue weighted by atomic mass is 9.80. The van der Waals surface area contributed by atoms with Gasteiger partial charge in [0.05, 0.1) is 22.7 Å². The average molecular weight is 329 g/mol. The first-order valence-corrected chi connectivity index (χ1v) is 8.42. The minimum absolute atomic E-state index is 0.0907. The number of fused-ring (bicyclic) bond motifs is 1. The Morgan fingerprint density at radius 1 is 1.12 bits per heavy atom. The molecule has 1 aromatic rings. The molecule has 0 amide bonds. The molecule has 0 radical (unpaired) electrons. The lowest BCUT2D eigenvalue weighted by Crippen LogP contribution is -3.05. The van der Waals surface area contributed by atoms with Crippen molar-refractivity contribution in [1.82, 2.24) is 0 Å². The number of nitrogens with zero attached hydrogens (tertiary/aromatic N) is 1. The number of carbonyl (C=O) groups excluding carboxylic acids is 2. The number of hydrogen-bond donors (Lipinski definition) is 1. The van der Waals surface area contributed by atoms with Gasteiger partial charge in [0.25, 0.3) is 0 Å². The van der Waals surface area contributed by atoms with Crippen molar-refractivity contribution in [3.8, 4) is 5.75 Å². The minimum atomic E-state index is -0.933. The van der Waals surface area contributed by atoms with E-state index in [1.165, 1.54) is 6.21 Å². The first-order chi connectivity index (χ1) is 11.2. The summed E-state index contributed by atoms with van der Waals surface area (Å²) in [6.45, 7) is 8.80. The van der Waals surface area contributed by atoms with Gasteiger partial charge in [-0.15, -0.1) is 0 Å². The van der Waals surface area contributed by atoms with Gasteiger partial charge in [0.2, 0.25) is 0 Å². The Bertz CT molecular complexity index is 690. The van der Waals surface area contributed by atoms with Crippen LogP contribution in [0.15, 0.2) is 29.3 Å². The van der Waals surface area contributed by atoms with Crippen molar-refractivity contribution in [3.05, 3.63) is 29.8 Å². The number of benzene rings is 1. The van der Waals surface area contributed by atoms with Gasteiger partial charge in [0.15, 0.2) is 11.7 Å². The summed E-state index contributed by atoms with van der Waals surface area (Å²) in [5.41, 5.74) is 0.632. The second kappa shape index (κ2) is 5.81. The number of hydrogen-bond acceptors (Lipinski definition) is 4. The van der Waals surface area contributed by atoms with Gasteiger partial charge < -0.3 is 10.1 Å². The standard InChI is InChI=1S/C19H24N2O3/c1-18(2)9-12(10-19(3,4)21-18)20-11-14-16(22)13-7-5-6-8-15(13)24-17(14)23/h5-8,11-12,14,21H,9-10H2,1-4H3/p+1. The number of quaternary nitrogens is 1. The Hall–Kier alpha value is -2.01. The van der Waals surface area contributed by atoms with Crippen LogP contribution in [0, 0.1) is 5.92 Å². The van der Waals surface area contributed by atoms with Crippen molar-refractivity contribution in [2.45, 2.75) is 57.7 Å². The smallest absolute Gasteiger partial charge is 0.327 e. The number of piperidine rings is 1. The molecule has 5 nitrogen and oxygen atoms in total. The van der Waals surface area contributed by atoms with Crippen LogP contribution in [0.1, 0.15) is 50.9 Å². The summed E-state index contributed by atoms with van der Waals surface area (Å²) in [6.07, 6.45) is 3.34. The quantitative estimate of drug-likeness (QED) is 0.389. The highest BCUT2D eigenvalue weighted by Crippen LogP contribution is 2.28. The van der Waals surface area contributed by atoms with Crippen LogP contribution < -0.4 is 10.1 Å². The van der Waals surface area contributed by atoms with Crippen LogP contribution in [0.25, 0.3) is 0 Å². The van der Waals surface area contributed by atoms with Gasteiger partial charge in [0, 0.05) is 19.1 Å². The zero-order chi connectivity index (χ0) is 17.5. The van der Waals surface area contributed by atoms with E-state index in [4.69, 9.17) is 4.74 Å². The van der Waals surface area contributed by atoms with Gasteiger partial charge in [-0.3, -0.25) is 14.6 Å². The second-order valence-corrected chi connectivity index (χ2v) is 8.24. The predicted octanol–water partition coefficient (Wildman–Crippen LogP) is 1.76. The molecule has 3 rings (SSSR count). The van der Waals surface area contributed by atoms with E-state index in [9.17, 15) is 9.59 Å². The highest BCUT2D eigenvalue weighted by atomic mass is 16.5. The van der Waals surface area contributed by atoms with Crippen LogP contribution in [0.4, 0.5) is 0 Å². The third-order valence-corrected chi connectivity index (χ3v) is 4.65. The van der Waals surface area contributed by atoms with Gasteiger partial charge in [-0.05, 0) is 39.8 Å². The monoisotopic (exact) mass is 329 g/mol. The summed E-state index contributed by atoms with van der Waals surface area (Å²) in [4.78, 5) is 29.3. The summed E-state index contributed by atoms with van der Waals surface area (Å²) in [5.74, 6) is -1.36. The highest BCUT2D eigenvalue weighted by Gasteiger charge is 2.42. The number of Topliss-reactive ketones (excluding diaryl/α,β-unsaturated/α-hetero) is 1. The molecule has 24 heavy (non-hydrogen) atoms. The van der Waals surface area contributed by atoms with E-state index in [1.54, 1.807) is 24.3 Å². The van der Waals surface area contributed by atoms with Crippen molar-refractivity contribution in [3.63, 3.8) is 0 Å². The van der Waals surface area contributed by atoms with Crippen molar-refractivity contribution in [2.24, 2.45) is 10.9 Å². The number of carbonyl (C=O) groups is 2. The fourth-order valence-electron chi connectivity index (χ4n) is 4.11. The second-order valence-electron chi connectivity index (χ2n) is 8.24. The third-order valence-electron chi connectivity index (χ3n) is 4.65. The van der Waals surface area contributed by atoms with Crippen molar-refractivity contribution >= 4 is 18.0 Å². The van der Waals surface area contributed by atoms with Crippen LogP contribution in [0.5, 0.6) is 5.75 Å². The van der Waals surface area contributed by atoms with E-state index >= 15 is 0 Å². The maximum Gasteiger partial charge on any atom is 0.327 e. The summed E-state index contributed by atoms with van der Waals surface area (Å²) in [7, 11) is 0. The molecule has 2 aliphatic heterocycles. The van der Waals surface area contributed by atoms with Crippen molar-refractivity contribution in [1.29, 1.82) is 0 Å². The Morgan fingerprint density at radius 2 is 1.75 bits per heavy atom. The molecule has 0 saturated carbocycles. The molecule has 128 valence electrons. The highest BCUT2D eigenvalue weighted by molar-refractivity contribution is 6.21. The Kier molecular flexibility index (Phi) is 4.08. The molecular weight excluding hydrogens is 304 g/mol. The number of esters is 1. The number of nitrogens with two attached hydrogens (primary N) is 1. The van der Waals surface area contributed by atoms with Gasteiger partial charge in [0.1, 0.15) is 5.75 Å². The Morgan fingerprint density at radius 3 is 2.42 bits per heavy atom. The maximum absolute atomic E-state index is 12.6. The van der Waals surface area contributed by atoms with Gasteiger partial charge in [-0.25, -0.2) is 0 Å². The molecule has 2 heterocycles. The van der Waals surface area contributed by atoms with Crippen molar-refractivity contribution < 1.29 is 19.6 Å². The maximum atomic E-state index is 12.6. The fraction of sp³-hybridized carbons (Fsp3) is 0.526. The predicted molar refractivity (Wildman–Crippen MR) is 91.5 cm³/mol. The first kappa shape index (κ1) is 16.8. The third kappa shape index (κ3) is 3.41. The van der Waals surface area contributed by atoms with Crippen molar-refractivity contribution in [2.75, 3.05) is 0 Å². The van der Waals surface area contributed by atoms with Crippen LogP contribution in [-0.2, 0) is 4.79 Å². The molecule has 0 aliphatic carbocycles. The lowest BCUT2D eigenvalue weighted by molar-refractivity contribution is -0.787. The molecule has 5 heteroatoms. The van der Waals surface area contributed by atoms with Crippen LogP contribution in [0.2, 0.25) is 0 Å². The number of ketones is 1. The average Bonchev–Trinajstić information content (AvgIpc) is 2.43. The SMILES string of the molecule is CC1(C)CC(N=CC2C(=O)Oc3ccccc3C2=O)CC(C)(C)[NH2+]1. The minimum Gasteiger partial charge on any atom is -0.425 e. The number of aliphatic imine (C=N–C) groups is 1. The summed E-state index contributed by atoms with van der Waals surface area (Å²) >= 11 is 0. The van der Waals surface area contributed by atoms with E-state index in [2.05, 4.69) is 38.0 Å². The van der Waals surface area contributed by atoms with Gasteiger partial charge >= 0.3 is 5.97 Å². The van der Waals surface area contributed by atoms with E-state index in [1.807, 2.05) is 0 Å². The molecule has 1 saturated heterocycles. The normalized spacial score (nSPS) is 26.2. The summed E-state index contributed by atoms with van der Waals surface area (Å²) in [5, 5.41) is 2.38. The van der Waals surface area contributed by atoms with Gasteiger partial charge in [-0.2, -0.15) is 0 Å². The van der Waals surface area contributed by atoms with E-state index in [0.717, 1.165) is 12.8 Å². The zero-order valence-corrected chi connectivity index (χ0v) is 14.7. The fourth-order valence-corrected chi connectivity index (χ4v) is 4.11. The molecule has 0 spiro atoms. The number of ether oxygens (including phenoxy) is 1. The van der Waals surface area contributed by atoms with Crippen LogP contribution >= 0.6 is 0 Å². The summed E-state index contributed by atoms with van der Waals surface area (Å²) < 4.78 is 5.28. The molecule has 1 aromatic carbocycles. The molecule has 0 aromatic heterocycles. The van der Waals surface area contributed by atoms with Crippen LogP contribution in [-0.4, -0.2) is 35.1 Å². The molecule has 1 atom stereocenters. The molecule has 0 bridgehead atoms. The molecule has 1 unspecified atom stereocenters. The molecular formula is C19H25N2O3+. The van der Waals surface area contributed by atoms with E-state index in [0.29, 0.717) is 11.3 Å². The number of rotatable bonds is 2. The van der Waals surface area contributed by atoms with E-state index < -0.39 is 11.9 Å². The summed E-state index contributed by atoms with van der Waals surface area (Å²) in [6, 6.07) is 6.95. The van der Waals surface area contributed by atoms with Crippen LogP contribution in [0.3, 0.4) is 0 Å². The van der Waals surface area contributed by atoms with Gasteiger partial charge in [-0.1, -0.05) is 12.1 Å². The molecule has 1 fully saturated rings. The molecule has 2 N–H and O–H groups in total. The largest absolute Gasteiger partial charge is 0.425 e. The topological polar surface area (TPSA) is 72.3 Å². The number of para-hydroxylation sites is 1. The Balaban J connectivity index is 1.79. The molecule has 2 aliphatic rings. The Labute approximate surface area is 142 Å². The first-order valence-electron chi connectivity index (χ1n) is 8.42.